The SMILES string of the molecule is CC(C)C(NC(=O)CNC(=O)C(Cc1ccccc1)NC(=O)c1ccc(CN2CCN(CC(=O)O)CCN(CC(=O)O)CCN(CC(=O)O)CC2)cc1)C(=O)O. The summed E-state index contributed by atoms with van der Waals surface area (Å²) in [4.78, 5) is 92.6. The van der Waals surface area contributed by atoms with Gasteiger partial charge in [0, 0.05) is 70.9 Å². The highest BCUT2D eigenvalue weighted by atomic mass is 16.4. The number of benzene rings is 2. The number of carbonyl (C=O) groups excluding carboxylic acids is 3. The Morgan fingerprint density at radius 3 is 1.50 bits per heavy atom. The Morgan fingerprint density at radius 2 is 1.07 bits per heavy atom. The van der Waals surface area contributed by atoms with Gasteiger partial charge in [-0.2, -0.15) is 0 Å². The molecule has 1 aliphatic rings. The molecule has 18 nitrogen and oxygen atoms in total. The van der Waals surface area contributed by atoms with Gasteiger partial charge < -0.3 is 36.4 Å². The van der Waals surface area contributed by atoms with E-state index >= 15 is 0 Å². The van der Waals surface area contributed by atoms with Gasteiger partial charge in [0.1, 0.15) is 12.1 Å². The van der Waals surface area contributed by atoms with Crippen LogP contribution in [0.5, 0.6) is 0 Å². The van der Waals surface area contributed by atoms with Crippen molar-refractivity contribution in [3.63, 3.8) is 0 Å². The third-order valence-corrected chi connectivity index (χ3v) is 9.21. The fourth-order valence-corrected chi connectivity index (χ4v) is 6.13. The number of aliphatic carboxylic acids is 4. The van der Waals surface area contributed by atoms with Gasteiger partial charge in [0.05, 0.1) is 26.2 Å². The molecule has 306 valence electrons. The van der Waals surface area contributed by atoms with Crippen molar-refractivity contribution in [3.05, 3.63) is 71.3 Å². The van der Waals surface area contributed by atoms with E-state index in [1.54, 1.807) is 77.1 Å². The molecule has 0 spiro atoms. The van der Waals surface area contributed by atoms with E-state index in [1.807, 2.05) is 6.07 Å². The molecule has 18 heteroatoms. The third-order valence-electron chi connectivity index (χ3n) is 9.21. The monoisotopic (exact) mass is 783 g/mol. The Bertz CT molecular complexity index is 1610. The lowest BCUT2D eigenvalue weighted by Crippen LogP contribution is -2.52. The molecule has 0 saturated carbocycles. The van der Waals surface area contributed by atoms with Crippen LogP contribution in [0.15, 0.2) is 54.6 Å². The molecule has 3 amide bonds. The quantitative estimate of drug-likeness (QED) is 0.0992. The molecule has 2 aromatic rings. The molecule has 1 fully saturated rings. The van der Waals surface area contributed by atoms with Crippen molar-refractivity contribution in [1.29, 1.82) is 0 Å². The summed E-state index contributed by atoms with van der Waals surface area (Å²) in [7, 11) is 0. The minimum atomic E-state index is -1.20. The summed E-state index contributed by atoms with van der Waals surface area (Å²) in [5, 5.41) is 45.4. The average molecular weight is 784 g/mol. The molecule has 0 aromatic heterocycles. The lowest BCUT2D eigenvalue weighted by Gasteiger charge is -2.33. The van der Waals surface area contributed by atoms with E-state index in [2.05, 4.69) is 20.9 Å². The minimum Gasteiger partial charge on any atom is -0.480 e. The second kappa shape index (κ2) is 22.8. The molecule has 2 aromatic carbocycles. The lowest BCUT2D eigenvalue weighted by molar-refractivity contribution is -0.143. The van der Waals surface area contributed by atoms with Gasteiger partial charge in [-0.15, -0.1) is 0 Å². The van der Waals surface area contributed by atoms with Crippen molar-refractivity contribution < 1.29 is 54.0 Å². The minimum absolute atomic E-state index is 0.117. The number of carbonyl (C=O) groups is 7. The average Bonchev–Trinajstić information content (AvgIpc) is 3.13. The standard InChI is InChI=1S/C38H53N7O11/c1-26(2)35(38(55)56)41-31(46)21-39-37(54)30(20-27-6-4-3-5-7-27)40-36(53)29-10-8-28(9-11-29)22-42-12-14-43(23-32(47)48)16-18-45(25-34(51)52)19-17-44(15-13-42)24-33(49)50/h3-11,26,30,35H,12-25H2,1-2H3,(H,39,54)(H,40,53)(H,41,46)(H,47,48)(H,49,50)(H,51,52)(H,55,56). The summed E-state index contributed by atoms with van der Waals surface area (Å²) in [6.07, 6.45) is 0.117. The first-order valence-electron chi connectivity index (χ1n) is 18.4. The Kier molecular flexibility index (Phi) is 18.3. The Labute approximate surface area is 325 Å². The molecule has 1 saturated heterocycles. The number of hydrogen-bond acceptors (Lipinski definition) is 11. The van der Waals surface area contributed by atoms with Gasteiger partial charge >= 0.3 is 23.9 Å². The highest BCUT2D eigenvalue weighted by Crippen LogP contribution is 2.11. The van der Waals surface area contributed by atoms with Crippen molar-refractivity contribution in [2.24, 2.45) is 5.92 Å². The summed E-state index contributed by atoms with van der Waals surface area (Å²) in [6.45, 7) is 5.23. The van der Waals surface area contributed by atoms with Crippen LogP contribution in [0.4, 0.5) is 0 Å². The topological polar surface area (TPSA) is 249 Å². The molecule has 56 heavy (non-hydrogen) atoms. The predicted molar refractivity (Wildman–Crippen MR) is 203 cm³/mol. The zero-order valence-corrected chi connectivity index (χ0v) is 31.8. The fraction of sp³-hybridized carbons (Fsp3) is 0.500. The van der Waals surface area contributed by atoms with Gasteiger partial charge in [0.25, 0.3) is 5.91 Å². The second-order valence-electron chi connectivity index (χ2n) is 14.0. The van der Waals surface area contributed by atoms with Crippen molar-refractivity contribution in [2.45, 2.75) is 38.9 Å². The molecular formula is C38H53N7O11. The zero-order chi connectivity index (χ0) is 41.2. The second-order valence-corrected chi connectivity index (χ2v) is 14.0. The summed E-state index contributed by atoms with van der Waals surface area (Å²) in [5.41, 5.74) is 1.84. The highest BCUT2D eigenvalue weighted by molar-refractivity contribution is 5.98. The van der Waals surface area contributed by atoms with Crippen LogP contribution in [-0.4, -0.2) is 172 Å². The van der Waals surface area contributed by atoms with Gasteiger partial charge in [-0.25, -0.2) is 4.79 Å². The first kappa shape index (κ1) is 45.0. The van der Waals surface area contributed by atoms with E-state index in [9.17, 15) is 54.0 Å². The maximum Gasteiger partial charge on any atom is 0.326 e. The normalized spacial score (nSPS) is 16.4. The first-order valence-corrected chi connectivity index (χ1v) is 18.4. The Morgan fingerprint density at radius 1 is 0.607 bits per heavy atom. The van der Waals surface area contributed by atoms with Crippen LogP contribution >= 0.6 is 0 Å². The van der Waals surface area contributed by atoms with E-state index in [0.29, 0.717) is 58.9 Å². The first-order chi connectivity index (χ1) is 26.6. The van der Waals surface area contributed by atoms with E-state index in [1.165, 1.54) is 0 Å². The summed E-state index contributed by atoms with van der Waals surface area (Å²) in [5.74, 6) is -6.51. The Balaban J connectivity index is 1.72. The molecule has 0 bridgehead atoms. The van der Waals surface area contributed by atoms with E-state index in [0.717, 1.165) is 11.1 Å². The van der Waals surface area contributed by atoms with Crippen LogP contribution in [-0.2, 0) is 41.7 Å². The highest BCUT2D eigenvalue weighted by Gasteiger charge is 2.26. The van der Waals surface area contributed by atoms with Crippen molar-refractivity contribution in [2.75, 3.05) is 78.5 Å². The van der Waals surface area contributed by atoms with Gasteiger partial charge in [0.15, 0.2) is 0 Å². The third kappa shape index (κ3) is 16.5. The lowest BCUT2D eigenvalue weighted by atomic mass is 10.0. The van der Waals surface area contributed by atoms with Gasteiger partial charge in [-0.05, 0) is 29.2 Å². The largest absolute Gasteiger partial charge is 0.480 e. The van der Waals surface area contributed by atoms with Crippen LogP contribution in [0.3, 0.4) is 0 Å². The van der Waals surface area contributed by atoms with E-state index in [4.69, 9.17) is 0 Å². The fourth-order valence-electron chi connectivity index (χ4n) is 6.13. The van der Waals surface area contributed by atoms with Gasteiger partial charge in [0.2, 0.25) is 11.8 Å². The van der Waals surface area contributed by atoms with Crippen LogP contribution in [0.2, 0.25) is 0 Å². The summed E-state index contributed by atoms with van der Waals surface area (Å²) in [6, 6.07) is 13.5. The van der Waals surface area contributed by atoms with E-state index in [-0.39, 0.29) is 37.5 Å². The molecule has 2 unspecified atom stereocenters. The molecule has 0 radical (unpaired) electrons. The van der Waals surface area contributed by atoms with Crippen LogP contribution in [0.1, 0.15) is 35.3 Å². The van der Waals surface area contributed by atoms with Crippen molar-refractivity contribution in [3.8, 4) is 0 Å². The summed E-state index contributed by atoms with van der Waals surface area (Å²) < 4.78 is 0. The molecule has 3 rings (SSSR count). The van der Waals surface area contributed by atoms with Crippen LogP contribution in [0, 0.1) is 5.92 Å². The van der Waals surface area contributed by atoms with Crippen molar-refractivity contribution in [1.82, 2.24) is 35.6 Å². The number of nitrogens with zero attached hydrogens (tertiary/aromatic N) is 4. The van der Waals surface area contributed by atoms with Crippen LogP contribution in [0.25, 0.3) is 0 Å². The summed E-state index contributed by atoms with van der Waals surface area (Å²) >= 11 is 0. The number of carboxylic acid groups (broad SMARTS) is 4. The van der Waals surface area contributed by atoms with Gasteiger partial charge in [-0.1, -0.05) is 56.3 Å². The zero-order valence-electron chi connectivity index (χ0n) is 31.8. The number of nitrogens with one attached hydrogen (secondary N) is 3. The number of amides is 3. The van der Waals surface area contributed by atoms with Crippen LogP contribution < -0.4 is 16.0 Å². The number of rotatable bonds is 18. The Hall–Kier alpha value is -5.43. The molecule has 1 heterocycles. The molecule has 0 aliphatic carbocycles. The van der Waals surface area contributed by atoms with Crippen molar-refractivity contribution >= 4 is 41.6 Å². The number of hydrogen-bond donors (Lipinski definition) is 7. The molecule has 7 N–H and O–H groups in total. The van der Waals surface area contributed by atoms with E-state index < -0.39 is 60.2 Å². The molecule has 2 atom stereocenters. The predicted octanol–water partition coefficient (Wildman–Crippen LogP) is -0.655. The maximum absolute atomic E-state index is 13.4. The smallest absolute Gasteiger partial charge is 0.326 e. The molecule has 1 aliphatic heterocycles. The number of carboxylic acids is 4. The molecular weight excluding hydrogens is 730 g/mol. The van der Waals surface area contributed by atoms with Gasteiger partial charge in [-0.3, -0.25) is 48.4 Å². The maximum atomic E-state index is 13.4.